The van der Waals surface area contributed by atoms with Crippen molar-refractivity contribution in [3.63, 3.8) is 0 Å². The van der Waals surface area contributed by atoms with Gasteiger partial charge in [0.05, 0.1) is 18.6 Å². The Morgan fingerprint density at radius 2 is 2.40 bits per heavy atom. The lowest BCUT2D eigenvalue weighted by molar-refractivity contribution is -0.141. The van der Waals surface area contributed by atoms with E-state index in [1.807, 2.05) is 6.08 Å². The number of amides is 1. The van der Waals surface area contributed by atoms with Gasteiger partial charge in [-0.3, -0.25) is 9.59 Å². The van der Waals surface area contributed by atoms with E-state index >= 15 is 0 Å². The average Bonchev–Trinajstić information content (AvgIpc) is 2.56. The number of esters is 1. The van der Waals surface area contributed by atoms with Crippen LogP contribution in [0.3, 0.4) is 0 Å². The Kier molecular flexibility index (Phi) is 4.68. The van der Waals surface area contributed by atoms with Crippen LogP contribution in [0.1, 0.15) is 26.2 Å². The number of carbonyl (C=O) groups excluding carboxylic acids is 2. The first-order valence-corrected chi connectivity index (χ1v) is 5.79. The van der Waals surface area contributed by atoms with Crippen LogP contribution >= 0.6 is 11.8 Å². The van der Waals surface area contributed by atoms with Crippen molar-refractivity contribution in [3.8, 4) is 0 Å². The van der Waals surface area contributed by atoms with E-state index in [2.05, 4.69) is 17.0 Å². The molecule has 0 bridgehead atoms. The fourth-order valence-electron chi connectivity index (χ4n) is 1.18. The molecule has 1 heterocycles. The third-order valence-corrected chi connectivity index (χ3v) is 3.19. The molecule has 1 amide bonds. The summed E-state index contributed by atoms with van der Waals surface area (Å²) in [5, 5.41) is 3.27. The Labute approximate surface area is 93.4 Å². The number of thioether (sulfide) groups is 1. The summed E-state index contributed by atoms with van der Waals surface area (Å²) in [6.45, 7) is 2.07. The van der Waals surface area contributed by atoms with Crippen molar-refractivity contribution < 1.29 is 14.3 Å². The molecule has 1 N–H and O–H groups in total. The molecule has 1 aliphatic rings. The van der Waals surface area contributed by atoms with Gasteiger partial charge in [0.1, 0.15) is 5.25 Å². The molecule has 0 spiro atoms. The predicted molar refractivity (Wildman–Crippen MR) is 59.1 cm³/mol. The molecule has 4 nitrogen and oxygen atoms in total. The van der Waals surface area contributed by atoms with Gasteiger partial charge in [-0.1, -0.05) is 31.2 Å². The topological polar surface area (TPSA) is 55.4 Å². The molecule has 0 aliphatic carbocycles. The molecule has 0 radical (unpaired) electrons. The predicted octanol–water partition coefficient (Wildman–Crippen LogP) is 1.42. The smallest absolute Gasteiger partial charge is 0.307 e. The summed E-state index contributed by atoms with van der Waals surface area (Å²) in [5.74, 6) is -0.452. The Morgan fingerprint density at radius 1 is 1.67 bits per heavy atom. The maximum Gasteiger partial charge on any atom is 0.307 e. The van der Waals surface area contributed by atoms with Gasteiger partial charge in [-0.15, -0.1) is 0 Å². The zero-order valence-electron chi connectivity index (χ0n) is 8.91. The molecular formula is C10H15NO3S. The molecule has 0 saturated carbocycles. The third-order valence-electron chi connectivity index (χ3n) is 2.01. The van der Waals surface area contributed by atoms with Crippen LogP contribution in [0.2, 0.25) is 0 Å². The molecule has 1 rings (SSSR count). The van der Waals surface area contributed by atoms with Crippen molar-refractivity contribution in [2.75, 3.05) is 7.11 Å². The largest absolute Gasteiger partial charge is 0.469 e. The quantitative estimate of drug-likeness (QED) is 0.741. The van der Waals surface area contributed by atoms with Crippen LogP contribution < -0.4 is 5.32 Å². The molecule has 84 valence electrons. The van der Waals surface area contributed by atoms with Crippen molar-refractivity contribution in [2.45, 2.75) is 31.4 Å². The average molecular weight is 229 g/mol. The zero-order chi connectivity index (χ0) is 11.3. The highest BCUT2D eigenvalue weighted by molar-refractivity contribution is 8.04. The van der Waals surface area contributed by atoms with Gasteiger partial charge >= 0.3 is 5.97 Å². The van der Waals surface area contributed by atoms with Crippen LogP contribution in [0.25, 0.3) is 0 Å². The van der Waals surface area contributed by atoms with Gasteiger partial charge in [0, 0.05) is 0 Å². The van der Waals surface area contributed by atoms with Crippen molar-refractivity contribution in [3.05, 3.63) is 11.1 Å². The minimum atomic E-state index is -0.348. The van der Waals surface area contributed by atoms with Gasteiger partial charge in [-0.25, -0.2) is 0 Å². The number of carbonyl (C=O) groups is 2. The highest BCUT2D eigenvalue weighted by Gasteiger charge is 2.30. The van der Waals surface area contributed by atoms with E-state index in [0.717, 1.165) is 17.9 Å². The summed E-state index contributed by atoms with van der Waals surface area (Å²) in [6.07, 6.45) is 4.10. The molecule has 1 saturated heterocycles. The molecule has 0 aromatic rings. The second-order valence-corrected chi connectivity index (χ2v) is 4.48. The number of unbranched alkanes of at least 4 members (excludes halogenated alkanes) is 1. The van der Waals surface area contributed by atoms with Crippen LogP contribution in [0.4, 0.5) is 0 Å². The van der Waals surface area contributed by atoms with E-state index in [0.29, 0.717) is 0 Å². The number of ether oxygens (including phenoxy) is 1. The van der Waals surface area contributed by atoms with Crippen molar-refractivity contribution in [1.82, 2.24) is 5.32 Å². The Bertz CT molecular complexity index is 288. The molecule has 5 heteroatoms. The number of methoxy groups -OCH3 is 1. The molecule has 1 atom stereocenters. The highest BCUT2D eigenvalue weighted by Crippen LogP contribution is 2.29. The van der Waals surface area contributed by atoms with E-state index in [9.17, 15) is 9.59 Å². The summed E-state index contributed by atoms with van der Waals surface area (Å²) < 4.78 is 4.53. The van der Waals surface area contributed by atoms with E-state index in [4.69, 9.17) is 0 Å². The maximum atomic E-state index is 11.4. The molecule has 1 fully saturated rings. The second kappa shape index (κ2) is 5.80. The number of rotatable bonds is 4. The Balaban J connectivity index is 2.49. The van der Waals surface area contributed by atoms with Gasteiger partial charge in [-0.05, 0) is 6.42 Å². The lowest BCUT2D eigenvalue weighted by atomic mass is 10.3. The molecular weight excluding hydrogens is 214 g/mol. The van der Waals surface area contributed by atoms with E-state index in [1.165, 1.54) is 18.9 Å². The van der Waals surface area contributed by atoms with Gasteiger partial charge in [0.25, 0.3) is 0 Å². The first-order valence-electron chi connectivity index (χ1n) is 4.91. The molecule has 0 aromatic heterocycles. The van der Waals surface area contributed by atoms with Gasteiger partial charge < -0.3 is 10.1 Å². The van der Waals surface area contributed by atoms with Crippen molar-refractivity contribution in [1.29, 1.82) is 0 Å². The number of nitrogens with one attached hydrogen (secondary N) is 1. The van der Waals surface area contributed by atoms with E-state index < -0.39 is 0 Å². The normalized spacial score (nSPS) is 22.9. The van der Waals surface area contributed by atoms with Gasteiger partial charge in [-0.2, -0.15) is 0 Å². The lowest BCUT2D eigenvalue weighted by Gasteiger charge is -2.02. The Morgan fingerprint density at radius 3 is 3.00 bits per heavy atom. The zero-order valence-corrected chi connectivity index (χ0v) is 9.73. The molecule has 1 unspecified atom stereocenters. The summed E-state index contributed by atoms with van der Waals surface area (Å²) in [4.78, 5) is 22.4. The monoisotopic (exact) mass is 229 g/mol. The van der Waals surface area contributed by atoms with Crippen LogP contribution in [0, 0.1) is 0 Å². The van der Waals surface area contributed by atoms with Crippen LogP contribution in [-0.4, -0.2) is 24.2 Å². The molecule has 15 heavy (non-hydrogen) atoms. The summed E-state index contributed by atoms with van der Waals surface area (Å²) in [5.41, 5.74) is 0. The fourth-order valence-corrected chi connectivity index (χ4v) is 2.25. The standard InChI is InChI=1S/C10H15NO3S/c1-3-4-5-8-11-10(13)7(15-8)6-9(12)14-2/h5,7H,3-4,6H2,1-2H3,(H,11,13)/b8-5-. The maximum absolute atomic E-state index is 11.4. The number of allylic oxidation sites excluding steroid dienone is 1. The van der Waals surface area contributed by atoms with Gasteiger partial charge in [0.15, 0.2) is 0 Å². The minimum Gasteiger partial charge on any atom is -0.469 e. The second-order valence-electron chi connectivity index (χ2n) is 3.23. The Hall–Kier alpha value is -0.970. The summed E-state index contributed by atoms with van der Waals surface area (Å²) in [7, 11) is 1.33. The molecule has 0 aromatic carbocycles. The minimum absolute atomic E-state index is 0.104. The van der Waals surface area contributed by atoms with Crippen LogP contribution in [0.5, 0.6) is 0 Å². The lowest BCUT2D eigenvalue weighted by Crippen LogP contribution is -2.24. The number of hydrogen-bond donors (Lipinski definition) is 1. The summed E-state index contributed by atoms with van der Waals surface area (Å²) >= 11 is 1.40. The van der Waals surface area contributed by atoms with Crippen LogP contribution in [-0.2, 0) is 14.3 Å². The molecule has 1 aliphatic heterocycles. The van der Waals surface area contributed by atoms with E-state index in [-0.39, 0.29) is 23.5 Å². The highest BCUT2D eigenvalue weighted by atomic mass is 32.2. The first kappa shape index (κ1) is 12.1. The van der Waals surface area contributed by atoms with E-state index in [1.54, 1.807) is 0 Å². The van der Waals surface area contributed by atoms with Crippen molar-refractivity contribution >= 4 is 23.6 Å². The first-order chi connectivity index (χ1) is 7.17. The fraction of sp³-hybridized carbons (Fsp3) is 0.600. The van der Waals surface area contributed by atoms with Crippen LogP contribution in [0.15, 0.2) is 11.1 Å². The van der Waals surface area contributed by atoms with Crippen molar-refractivity contribution in [2.24, 2.45) is 0 Å². The summed E-state index contributed by atoms with van der Waals surface area (Å²) in [6, 6.07) is 0. The van der Waals surface area contributed by atoms with Gasteiger partial charge in [0.2, 0.25) is 5.91 Å². The SMILES string of the molecule is CCC/C=C1/NC(=O)C(CC(=O)OC)S1. The number of hydrogen-bond acceptors (Lipinski definition) is 4. The third kappa shape index (κ3) is 3.58.